The number of halogens is 3. The van der Waals surface area contributed by atoms with E-state index in [9.17, 15) is 27.9 Å². The van der Waals surface area contributed by atoms with E-state index < -0.39 is 29.7 Å². The lowest BCUT2D eigenvalue weighted by Gasteiger charge is -2.31. The molecule has 1 aliphatic heterocycles. The molecular weight excluding hydrogens is 489 g/mol. The van der Waals surface area contributed by atoms with Crippen LogP contribution in [0.3, 0.4) is 0 Å². The van der Waals surface area contributed by atoms with Gasteiger partial charge in [-0.15, -0.1) is 5.10 Å². The van der Waals surface area contributed by atoms with Crippen LogP contribution < -0.4 is 11.1 Å². The molecule has 2 fully saturated rings. The Hall–Kier alpha value is -3.67. The molecule has 0 saturated heterocycles. The number of carbonyl (C=O) groups is 2. The van der Waals surface area contributed by atoms with Crippen LogP contribution in [0, 0.1) is 5.92 Å². The normalized spacial score (nSPS) is 22.2. The monoisotopic (exact) mass is 514 g/mol. The second kappa shape index (κ2) is 8.17. The van der Waals surface area contributed by atoms with Gasteiger partial charge in [-0.2, -0.15) is 13.2 Å². The number of aromatic nitrogens is 3. The van der Waals surface area contributed by atoms with Crippen LogP contribution in [-0.4, -0.2) is 54.6 Å². The van der Waals surface area contributed by atoms with Gasteiger partial charge in [-0.25, -0.2) is 9.50 Å². The number of hydrogen-bond acceptors (Lipinski definition) is 6. The summed E-state index contributed by atoms with van der Waals surface area (Å²) in [7, 11) is 0. The summed E-state index contributed by atoms with van der Waals surface area (Å²) >= 11 is 0. The minimum Gasteiger partial charge on any atom is -0.393 e. The van der Waals surface area contributed by atoms with E-state index in [2.05, 4.69) is 15.4 Å². The highest BCUT2D eigenvalue weighted by molar-refractivity contribution is 6.04. The van der Waals surface area contributed by atoms with Gasteiger partial charge in [0.1, 0.15) is 5.56 Å². The number of alkyl halides is 3. The van der Waals surface area contributed by atoms with Crippen LogP contribution in [0.4, 0.5) is 19.0 Å². The van der Waals surface area contributed by atoms with Crippen molar-refractivity contribution in [3.63, 3.8) is 0 Å². The van der Waals surface area contributed by atoms with Gasteiger partial charge in [0.05, 0.1) is 22.9 Å². The lowest BCUT2D eigenvalue weighted by atomic mass is 9.89. The molecule has 12 heteroatoms. The Bertz CT molecular complexity index is 1440. The third kappa shape index (κ3) is 3.99. The average molecular weight is 515 g/mol. The molecule has 2 saturated carbocycles. The molecule has 0 spiro atoms. The average Bonchev–Trinajstić information content (AvgIpc) is 3.54. The van der Waals surface area contributed by atoms with Gasteiger partial charge in [-0.05, 0) is 62.3 Å². The lowest BCUT2D eigenvalue weighted by molar-refractivity contribution is -0.137. The van der Waals surface area contributed by atoms with E-state index in [-0.39, 0.29) is 52.5 Å². The number of fused-ring (bicyclic) bond motifs is 2. The first-order chi connectivity index (χ1) is 17.5. The number of amides is 2. The quantitative estimate of drug-likeness (QED) is 0.481. The van der Waals surface area contributed by atoms with Crippen LogP contribution in [0.5, 0.6) is 0 Å². The Labute approximate surface area is 209 Å². The van der Waals surface area contributed by atoms with E-state index in [1.807, 2.05) is 6.92 Å². The molecule has 0 radical (unpaired) electrons. The number of nitrogen functional groups attached to an aromatic ring is 1. The fraction of sp³-hybridized carbons (Fsp3) is 0.440. The number of carbonyl (C=O) groups excluding carboxylic acids is 2. The molecule has 6 rings (SSSR count). The highest BCUT2D eigenvalue weighted by Gasteiger charge is 2.44. The zero-order valence-corrected chi connectivity index (χ0v) is 19.9. The van der Waals surface area contributed by atoms with Crippen molar-refractivity contribution in [2.24, 2.45) is 5.92 Å². The third-order valence-corrected chi connectivity index (χ3v) is 7.62. The van der Waals surface area contributed by atoms with Crippen molar-refractivity contribution in [3.05, 3.63) is 46.6 Å². The van der Waals surface area contributed by atoms with Crippen LogP contribution in [0.25, 0.3) is 16.9 Å². The molecule has 9 nitrogen and oxygen atoms in total. The summed E-state index contributed by atoms with van der Waals surface area (Å²) in [6, 6.07) is 3.66. The van der Waals surface area contributed by atoms with Gasteiger partial charge >= 0.3 is 6.18 Å². The van der Waals surface area contributed by atoms with Gasteiger partial charge in [0, 0.05) is 30.4 Å². The fourth-order valence-corrected chi connectivity index (χ4v) is 5.30. The van der Waals surface area contributed by atoms with E-state index in [4.69, 9.17) is 5.73 Å². The third-order valence-electron chi connectivity index (χ3n) is 7.62. The molecule has 1 aromatic carbocycles. The first kappa shape index (κ1) is 23.7. The number of hydrogen-bond donors (Lipinski definition) is 3. The Balaban J connectivity index is 1.40. The topological polar surface area (TPSA) is 126 Å². The van der Waals surface area contributed by atoms with Gasteiger partial charge in [0.2, 0.25) is 0 Å². The van der Waals surface area contributed by atoms with E-state index >= 15 is 0 Å². The molecule has 37 heavy (non-hydrogen) atoms. The minimum atomic E-state index is -4.74. The first-order valence-corrected chi connectivity index (χ1v) is 12.2. The molecule has 1 atom stereocenters. The van der Waals surface area contributed by atoms with Crippen molar-refractivity contribution in [2.75, 3.05) is 5.73 Å². The molecule has 4 N–H and O–H groups in total. The van der Waals surface area contributed by atoms with Crippen LogP contribution in [0.15, 0.2) is 24.4 Å². The molecule has 2 amide bonds. The largest absolute Gasteiger partial charge is 0.417 e. The van der Waals surface area contributed by atoms with Gasteiger partial charge < -0.3 is 21.1 Å². The van der Waals surface area contributed by atoms with Crippen LogP contribution in [-0.2, 0) is 12.7 Å². The molecule has 0 bridgehead atoms. The van der Waals surface area contributed by atoms with Crippen molar-refractivity contribution >= 4 is 23.3 Å². The van der Waals surface area contributed by atoms with Gasteiger partial charge in [0.15, 0.2) is 11.5 Å². The number of benzene rings is 1. The van der Waals surface area contributed by atoms with Crippen LogP contribution in [0.1, 0.15) is 64.4 Å². The number of nitrogens with zero attached hydrogens (tertiary/aromatic N) is 4. The van der Waals surface area contributed by atoms with E-state index in [1.54, 1.807) is 6.07 Å². The predicted octanol–water partition coefficient (Wildman–Crippen LogP) is 3.00. The molecule has 1 unspecified atom stereocenters. The molecular formula is C25H25F3N6O3. The van der Waals surface area contributed by atoms with E-state index in [1.165, 1.54) is 21.7 Å². The first-order valence-electron chi connectivity index (χ1n) is 12.2. The minimum absolute atomic E-state index is 0.0139. The number of anilines is 1. The van der Waals surface area contributed by atoms with Gasteiger partial charge in [0.25, 0.3) is 11.8 Å². The van der Waals surface area contributed by atoms with Crippen LogP contribution >= 0.6 is 0 Å². The second-order valence-corrected chi connectivity index (χ2v) is 10.2. The number of rotatable bonds is 5. The maximum absolute atomic E-state index is 14.1. The van der Waals surface area contributed by atoms with Crippen molar-refractivity contribution in [1.82, 2.24) is 24.8 Å². The SMILES string of the molecule is CC(C1CC1)N1Cc2cc(-c3ccn4nc(N)c(C(=O)NC5CC(O)C5)c4n3)cc(C(F)(F)F)c2C1=O. The molecule has 3 aliphatic rings. The zero-order valence-electron chi connectivity index (χ0n) is 19.9. The summed E-state index contributed by atoms with van der Waals surface area (Å²) in [5, 5.41) is 16.4. The highest BCUT2D eigenvalue weighted by atomic mass is 19.4. The second-order valence-electron chi connectivity index (χ2n) is 10.2. The Morgan fingerprint density at radius 2 is 2.00 bits per heavy atom. The van der Waals surface area contributed by atoms with Gasteiger partial charge in [-0.1, -0.05) is 0 Å². The Morgan fingerprint density at radius 3 is 2.65 bits per heavy atom. The fourth-order valence-electron chi connectivity index (χ4n) is 5.30. The predicted molar refractivity (Wildman–Crippen MR) is 126 cm³/mol. The number of aliphatic hydroxyl groups is 1. The standard InChI is InChI=1S/C25H25F3N6O3/c1-11(12-2-3-12)33-10-14-6-13(7-17(25(26,27)28)19(14)24(33)37)18-4-5-34-22(31-18)20(21(29)32-34)23(36)30-15-8-16(35)9-15/h4-7,11-12,15-16,35H,2-3,8-10H2,1H3,(H2,29,32)(H,30,36). The number of nitrogens with one attached hydrogen (secondary N) is 1. The van der Waals surface area contributed by atoms with Gasteiger partial charge in [-0.3, -0.25) is 9.59 Å². The van der Waals surface area contributed by atoms with Crippen LogP contribution in [0.2, 0.25) is 0 Å². The zero-order chi connectivity index (χ0) is 26.2. The van der Waals surface area contributed by atoms with Crippen molar-refractivity contribution in [3.8, 4) is 11.3 Å². The Morgan fingerprint density at radius 1 is 1.27 bits per heavy atom. The summed E-state index contributed by atoms with van der Waals surface area (Å²) in [5.74, 6) is -0.868. The van der Waals surface area contributed by atoms with E-state index in [0.29, 0.717) is 24.3 Å². The number of nitrogens with two attached hydrogens (primary N) is 1. The van der Waals surface area contributed by atoms with Crippen molar-refractivity contribution in [2.45, 2.75) is 63.5 Å². The highest BCUT2D eigenvalue weighted by Crippen LogP contribution is 2.43. The summed E-state index contributed by atoms with van der Waals surface area (Å²) in [5.41, 5.74) is 5.46. The summed E-state index contributed by atoms with van der Waals surface area (Å²) < 4.78 is 43.7. The van der Waals surface area contributed by atoms with E-state index in [0.717, 1.165) is 18.9 Å². The molecule has 3 heterocycles. The number of aliphatic hydroxyl groups excluding tert-OH is 1. The summed E-state index contributed by atoms with van der Waals surface area (Å²) in [4.78, 5) is 31.9. The molecule has 2 aliphatic carbocycles. The summed E-state index contributed by atoms with van der Waals surface area (Å²) in [6.45, 7) is 1.98. The lowest BCUT2D eigenvalue weighted by Crippen LogP contribution is -2.46. The molecule has 194 valence electrons. The smallest absolute Gasteiger partial charge is 0.393 e. The van der Waals surface area contributed by atoms with Crippen molar-refractivity contribution in [1.29, 1.82) is 0 Å². The van der Waals surface area contributed by atoms with Crippen molar-refractivity contribution < 1.29 is 27.9 Å². The maximum Gasteiger partial charge on any atom is 0.417 e. The molecule has 3 aromatic rings. The summed E-state index contributed by atoms with van der Waals surface area (Å²) in [6.07, 6.45) is -0.942. The Kier molecular flexibility index (Phi) is 5.23. The molecule has 2 aromatic heterocycles. The maximum atomic E-state index is 14.1.